The maximum absolute atomic E-state index is 10.1. The molecule has 0 unspecified atom stereocenters. The van der Waals surface area contributed by atoms with Gasteiger partial charge in [0.05, 0.1) is 0 Å². The van der Waals surface area contributed by atoms with E-state index in [1.165, 1.54) is 0 Å². The van der Waals surface area contributed by atoms with Gasteiger partial charge in [-0.05, 0) is 13.8 Å². The normalized spacial score (nSPS) is 8.86. The summed E-state index contributed by atoms with van der Waals surface area (Å²) in [5.41, 5.74) is 2.17. The molecule has 0 N–H and O–H groups in total. The second-order valence-corrected chi connectivity index (χ2v) is 1.58. The molecule has 0 bridgehead atoms. The summed E-state index contributed by atoms with van der Waals surface area (Å²) in [5.74, 6) is 0. The third-order valence-corrected chi connectivity index (χ3v) is 1.18. The van der Waals surface area contributed by atoms with Crippen molar-refractivity contribution in [3.8, 4) is 0 Å². The second kappa shape index (κ2) is 1.66. The molecule has 40 valence electrons. The first-order valence-corrected chi connectivity index (χ1v) is 1.95. The van der Waals surface area contributed by atoms with Gasteiger partial charge >= 0.3 is 0 Å². The van der Waals surface area contributed by atoms with Crippen LogP contribution in [-0.2, 0) is 0 Å². The minimum atomic E-state index is 0. The molecule has 0 aliphatic heterocycles. The monoisotopic (exact) mass is 118 g/mol. The Hall–Kier alpha value is -0.300. The molecule has 2 heteroatoms. The third kappa shape index (κ3) is 0.829. The summed E-state index contributed by atoms with van der Waals surface area (Å²) in [6.45, 7) is 3.69. The summed E-state index contributed by atoms with van der Waals surface area (Å²) in [6, 6.07) is 0. The third-order valence-electron chi connectivity index (χ3n) is 1.18. The van der Waals surface area contributed by atoms with Crippen LogP contribution in [-0.4, -0.2) is 0 Å². The molecule has 1 nitrogen and oxygen atoms in total. The molecule has 0 aliphatic rings. The average molecular weight is 119 g/mol. The average Bonchev–Trinajstić information content (AvgIpc) is 1.94. The molecule has 0 saturated carbocycles. The lowest BCUT2D eigenvalue weighted by atomic mass is 10.5. The Kier molecular flexibility index (Phi) is 1.59. The molecule has 1 aromatic carbocycles. The predicted molar refractivity (Wildman–Crippen MR) is 31.8 cm³/mol. The van der Waals surface area contributed by atoms with Crippen molar-refractivity contribution < 1.29 is 0 Å². The molecular weight excluding hydrogens is 112 g/mol. The Balaban J connectivity index is 0.000000360. The van der Waals surface area contributed by atoms with E-state index in [0.29, 0.717) is 0 Å². The molecule has 7 heavy (non-hydrogen) atoms. The number of hydrogen-bond donors (Lipinski definition) is 0. The zero-order chi connectivity index (χ0) is 4.73. The molecule has 0 atom stereocenters. The zero-order valence-corrected chi connectivity index (χ0v) is 5.13. The van der Waals surface area contributed by atoms with Crippen LogP contribution in [0.15, 0.2) is 4.79 Å². The largest absolute Gasteiger partial charge is 0.289 e. The van der Waals surface area contributed by atoms with Crippen molar-refractivity contribution in [2.45, 2.75) is 13.8 Å². The minimum absolute atomic E-state index is 0. The Bertz CT molecular complexity index is 154. The van der Waals surface area contributed by atoms with E-state index in [1.807, 2.05) is 13.8 Å². The molecule has 0 heterocycles. The quantitative estimate of drug-likeness (QED) is 0.496. The van der Waals surface area contributed by atoms with Gasteiger partial charge in [-0.3, -0.25) is 4.79 Å². The van der Waals surface area contributed by atoms with Gasteiger partial charge in [-0.25, -0.2) is 0 Å². The van der Waals surface area contributed by atoms with Crippen molar-refractivity contribution in [3.63, 3.8) is 0 Å². The Morgan fingerprint density at radius 1 is 1.14 bits per heavy atom. The van der Waals surface area contributed by atoms with Gasteiger partial charge in [-0.1, -0.05) is 0 Å². The number of halogens is 1. The summed E-state index contributed by atoms with van der Waals surface area (Å²) in [5, 5.41) is 0. The molecule has 0 aliphatic carbocycles. The first kappa shape index (κ1) is 6.70. The standard InChI is InChI=1S/C5H6O.ClH/c1-3-4(2)5(3)6;/h1-2H3;1H. The van der Waals surface area contributed by atoms with E-state index in [1.54, 1.807) is 0 Å². The van der Waals surface area contributed by atoms with Crippen LogP contribution in [0.4, 0.5) is 0 Å². The number of hydrogen-bond acceptors (Lipinski definition) is 1. The van der Waals surface area contributed by atoms with Crippen LogP contribution >= 0.6 is 12.4 Å². The van der Waals surface area contributed by atoms with Crippen LogP contribution in [0.25, 0.3) is 0 Å². The SMILES string of the molecule is Cc1c(C)c1=O.Cl. The van der Waals surface area contributed by atoms with E-state index in [4.69, 9.17) is 0 Å². The molecular formula is C5H7ClO. The molecule has 0 radical (unpaired) electrons. The van der Waals surface area contributed by atoms with Crippen molar-refractivity contribution in [3.05, 3.63) is 21.4 Å². The number of rotatable bonds is 0. The van der Waals surface area contributed by atoms with E-state index in [0.717, 1.165) is 11.1 Å². The van der Waals surface area contributed by atoms with Crippen molar-refractivity contribution in [1.29, 1.82) is 0 Å². The van der Waals surface area contributed by atoms with Gasteiger partial charge in [0.2, 0.25) is 0 Å². The van der Waals surface area contributed by atoms with Gasteiger partial charge in [-0.2, -0.15) is 0 Å². The second-order valence-electron chi connectivity index (χ2n) is 1.58. The lowest BCUT2D eigenvalue weighted by Gasteiger charge is -1.50. The Labute approximate surface area is 48.4 Å². The summed E-state index contributed by atoms with van der Waals surface area (Å²) in [7, 11) is 0. The molecule has 0 spiro atoms. The van der Waals surface area contributed by atoms with Gasteiger partial charge in [0, 0.05) is 11.1 Å². The Morgan fingerprint density at radius 2 is 1.29 bits per heavy atom. The van der Waals surface area contributed by atoms with Gasteiger partial charge in [0.1, 0.15) is 0 Å². The highest BCUT2D eigenvalue weighted by molar-refractivity contribution is 5.85. The first-order chi connectivity index (χ1) is 2.73. The highest BCUT2D eigenvalue weighted by Crippen LogP contribution is 2.00. The van der Waals surface area contributed by atoms with Gasteiger partial charge in [0.25, 0.3) is 0 Å². The fraction of sp³-hybridized carbons (Fsp3) is 0.400. The molecule has 0 amide bonds. The fourth-order valence-electron chi connectivity index (χ4n) is 0.378. The van der Waals surface area contributed by atoms with E-state index in [2.05, 4.69) is 0 Å². The van der Waals surface area contributed by atoms with Crippen LogP contribution < -0.4 is 5.43 Å². The summed E-state index contributed by atoms with van der Waals surface area (Å²) in [4.78, 5) is 10.1. The van der Waals surface area contributed by atoms with Gasteiger partial charge in [0.15, 0.2) is 5.43 Å². The highest BCUT2D eigenvalue weighted by atomic mass is 35.5. The van der Waals surface area contributed by atoms with E-state index in [-0.39, 0.29) is 17.8 Å². The fourth-order valence-corrected chi connectivity index (χ4v) is 0.378. The summed E-state index contributed by atoms with van der Waals surface area (Å²) in [6.07, 6.45) is 0. The predicted octanol–water partition coefficient (Wildman–Crippen LogP) is 0.961. The topological polar surface area (TPSA) is 17.1 Å². The molecule has 0 fully saturated rings. The highest BCUT2D eigenvalue weighted by Gasteiger charge is 2.08. The van der Waals surface area contributed by atoms with Crippen LogP contribution in [0.5, 0.6) is 0 Å². The maximum Gasteiger partial charge on any atom is 0.185 e. The van der Waals surface area contributed by atoms with Crippen molar-refractivity contribution in [2.75, 3.05) is 0 Å². The molecule has 1 rings (SSSR count). The van der Waals surface area contributed by atoms with Gasteiger partial charge < -0.3 is 0 Å². The van der Waals surface area contributed by atoms with E-state index >= 15 is 0 Å². The van der Waals surface area contributed by atoms with Crippen LogP contribution in [0.2, 0.25) is 0 Å². The van der Waals surface area contributed by atoms with Crippen LogP contribution in [0.3, 0.4) is 0 Å². The smallest absolute Gasteiger partial charge is 0.185 e. The lowest BCUT2D eigenvalue weighted by Crippen LogP contribution is -1.71. The van der Waals surface area contributed by atoms with Gasteiger partial charge in [-0.15, -0.1) is 12.4 Å². The molecule has 1 aromatic rings. The van der Waals surface area contributed by atoms with Crippen molar-refractivity contribution in [2.24, 2.45) is 0 Å². The summed E-state index contributed by atoms with van der Waals surface area (Å²) < 4.78 is 0. The van der Waals surface area contributed by atoms with Crippen LogP contribution in [0.1, 0.15) is 11.1 Å². The van der Waals surface area contributed by atoms with E-state index < -0.39 is 0 Å². The summed E-state index contributed by atoms with van der Waals surface area (Å²) >= 11 is 0. The van der Waals surface area contributed by atoms with E-state index in [9.17, 15) is 4.79 Å². The molecule has 0 saturated heterocycles. The minimum Gasteiger partial charge on any atom is -0.289 e. The zero-order valence-electron chi connectivity index (χ0n) is 4.32. The van der Waals surface area contributed by atoms with Crippen LogP contribution in [0, 0.1) is 13.8 Å². The van der Waals surface area contributed by atoms with Crippen molar-refractivity contribution in [1.82, 2.24) is 0 Å². The molecule has 0 aromatic heterocycles. The first-order valence-electron chi connectivity index (χ1n) is 1.95. The Morgan fingerprint density at radius 3 is 1.29 bits per heavy atom. The van der Waals surface area contributed by atoms with Crippen molar-refractivity contribution >= 4 is 12.4 Å². The lowest BCUT2D eigenvalue weighted by molar-refractivity contribution is 1.57. The maximum atomic E-state index is 10.1.